The molecule has 0 saturated carbocycles. The number of aliphatic hydroxyl groups is 1. The van der Waals surface area contributed by atoms with Crippen LogP contribution in [0, 0.1) is 17.8 Å². The molecule has 0 radical (unpaired) electrons. The van der Waals surface area contributed by atoms with Crippen LogP contribution in [0.15, 0.2) is 121 Å². The summed E-state index contributed by atoms with van der Waals surface area (Å²) in [4.78, 5) is 81.0. The minimum atomic E-state index is -1.81. The normalized spacial score (nSPS) is 23.3. The van der Waals surface area contributed by atoms with Gasteiger partial charge in [0.2, 0.25) is 11.8 Å². The standard InChI is InChI=1S/C34H46ClN3O10.C18H22O4.C14H8O2.C5H11Cl2N/c1-18-11-10-12-26(45-9)34(43)17-25(46-32(42)36-34)19(2)30-33(5,48-30)27(47-31(41)20(3)37(6)21(4)39)16-28(40)38(7)23-14-22(13-18)15-24(44-8)29(23)35;1-11(7-13-3-5-15(19)17(21)9-13)12(2)8-14-4-6-16(20)18(22)10-14;15-13-9-5-1-2-6-10(9)14(16)12-8-4-3-7-11(12)13;1-8(4-2-6)5-3-7/h10-12,14-15,19-20,25-27,30,43H,13,16-17H2,1-9H3,(H,36,42);3-6,9-12,19-22H,7-8H2,1-2H3;1-8H;2-5H2,1H3/b12-10-,18-11-;;;/t19-,20+,25+,26-,27+,30+,33+,34+;11-,12+;;/m1.../s1. The molecular formula is C71H87Cl3N4O16. The number of hydrogen-bond donors (Lipinski definition) is 6. The number of anilines is 1. The monoisotopic (exact) mass is 1360 g/mol. The number of alkyl carbamates (subject to hydrolysis) is 1. The molecule has 6 N–H and O–H groups in total. The summed E-state index contributed by atoms with van der Waals surface area (Å²) in [6.45, 7) is 14.4. The number of alkyl halides is 2. The topological polar surface area (TPSA) is 275 Å². The summed E-state index contributed by atoms with van der Waals surface area (Å²) in [5.41, 5.74) is 3.10. The molecule has 5 aromatic carbocycles. The maximum atomic E-state index is 14.0. The van der Waals surface area contributed by atoms with E-state index in [2.05, 4.69) is 24.1 Å². The summed E-state index contributed by atoms with van der Waals surface area (Å²) in [6, 6.07) is 26.3. The molecule has 94 heavy (non-hydrogen) atoms. The third-order valence-corrected chi connectivity index (χ3v) is 18.3. The lowest BCUT2D eigenvalue weighted by atomic mass is 9.83. The van der Waals surface area contributed by atoms with Crippen molar-refractivity contribution in [2.45, 2.75) is 122 Å². The molecule has 10 atom stereocenters. The van der Waals surface area contributed by atoms with Crippen LogP contribution in [0.4, 0.5) is 10.5 Å². The van der Waals surface area contributed by atoms with Gasteiger partial charge in [-0.2, -0.15) is 0 Å². The first-order chi connectivity index (χ1) is 44.4. The van der Waals surface area contributed by atoms with Gasteiger partial charge in [0.15, 0.2) is 40.3 Å². The number of likely N-dealkylation sites (N-methyl/N-ethyl adjacent to an activating group) is 1. The van der Waals surface area contributed by atoms with Crippen molar-refractivity contribution in [3.05, 3.63) is 165 Å². The predicted octanol–water partition coefficient (Wildman–Crippen LogP) is 11.0. The van der Waals surface area contributed by atoms with Gasteiger partial charge < -0.3 is 63.9 Å². The van der Waals surface area contributed by atoms with E-state index in [0.717, 1.165) is 48.2 Å². The van der Waals surface area contributed by atoms with Gasteiger partial charge in [0.25, 0.3) is 0 Å². The molecule has 23 heteroatoms. The number of epoxide rings is 1. The van der Waals surface area contributed by atoms with Crippen LogP contribution in [-0.2, 0) is 52.6 Å². The molecule has 4 aliphatic rings. The van der Waals surface area contributed by atoms with E-state index in [9.17, 15) is 54.3 Å². The Morgan fingerprint density at radius 2 is 1.30 bits per heavy atom. The molecule has 3 aliphatic heterocycles. The number of carbonyl (C=O) groups excluding carboxylic acids is 6. The maximum Gasteiger partial charge on any atom is 0.409 e. The van der Waals surface area contributed by atoms with Crippen LogP contribution in [0.1, 0.15) is 110 Å². The SMILES string of the molecule is CN(CCCl)CCCl.COc1cc2cc(c1Cl)N(C)C(=O)C[C@H](OC(=O)[C@H](C)N(C)C(C)=O)[C@]1(C)O[C@H]1[C@H](C)[C@@H]1C[C@@](O)(NC(=O)O1)[C@H](OC)/C=C\C=C(\C)C2.C[C@H](Cc1ccc(O)c(O)c1)[C@@H](C)Cc1ccc(O)c(O)c1.O=C1c2ccccc2C(=O)c2ccccc21. The summed E-state index contributed by atoms with van der Waals surface area (Å²) in [5, 5.41) is 52.1. The number of amides is 3. The molecule has 0 spiro atoms. The highest BCUT2D eigenvalue weighted by Gasteiger charge is 2.64. The number of allylic oxidation sites excluding steroid dienone is 3. The molecule has 3 heterocycles. The lowest BCUT2D eigenvalue weighted by Crippen LogP contribution is -2.63. The van der Waals surface area contributed by atoms with Gasteiger partial charge in [-0.05, 0) is 112 Å². The van der Waals surface area contributed by atoms with Gasteiger partial charge in [0.05, 0.1) is 25.3 Å². The van der Waals surface area contributed by atoms with Gasteiger partial charge >= 0.3 is 12.1 Å². The van der Waals surface area contributed by atoms with Gasteiger partial charge in [-0.1, -0.05) is 117 Å². The van der Waals surface area contributed by atoms with Crippen LogP contribution in [0.3, 0.4) is 0 Å². The Balaban J connectivity index is 0.000000246. The number of ketones is 2. The zero-order valence-corrected chi connectivity index (χ0v) is 57.4. The number of carbonyl (C=O) groups is 6. The van der Waals surface area contributed by atoms with Crippen molar-refractivity contribution >= 4 is 75.9 Å². The first-order valence-corrected chi connectivity index (χ1v) is 32.3. The van der Waals surface area contributed by atoms with Crippen LogP contribution in [0.25, 0.3) is 0 Å². The van der Waals surface area contributed by atoms with Gasteiger partial charge in [-0.3, -0.25) is 24.5 Å². The van der Waals surface area contributed by atoms with Gasteiger partial charge in [0, 0.05) is 87.6 Å². The molecule has 0 unspecified atom stereocenters. The molecule has 9 rings (SSSR count). The molecule has 508 valence electrons. The van der Waals surface area contributed by atoms with E-state index in [4.69, 9.17) is 58.5 Å². The summed E-state index contributed by atoms with van der Waals surface area (Å²) < 4.78 is 28.9. The number of rotatable bonds is 14. The highest BCUT2D eigenvalue weighted by molar-refractivity contribution is 6.35. The molecule has 5 aromatic rings. The van der Waals surface area contributed by atoms with Crippen LogP contribution in [0.2, 0.25) is 5.02 Å². The Hall–Kier alpha value is -7.69. The first-order valence-electron chi connectivity index (χ1n) is 30.8. The van der Waals surface area contributed by atoms with E-state index >= 15 is 0 Å². The summed E-state index contributed by atoms with van der Waals surface area (Å²) in [5.74, 6) is -0.0708. The highest BCUT2D eigenvalue weighted by atomic mass is 35.5. The first kappa shape index (κ1) is 75.3. The third kappa shape index (κ3) is 19.0. The number of nitrogens with zero attached hydrogens (tertiary/aromatic N) is 3. The quantitative estimate of drug-likeness (QED) is 0.0256. The molecule has 4 bridgehead atoms. The van der Waals surface area contributed by atoms with E-state index in [1.807, 2.05) is 32.2 Å². The second kappa shape index (κ2) is 33.6. The van der Waals surface area contributed by atoms with E-state index in [1.54, 1.807) is 106 Å². The van der Waals surface area contributed by atoms with Gasteiger partial charge in [-0.25, -0.2) is 9.59 Å². The summed E-state index contributed by atoms with van der Waals surface area (Å²) in [7, 11) is 7.97. The Kier molecular flexibility index (Phi) is 26.9. The van der Waals surface area contributed by atoms with E-state index in [1.165, 1.54) is 57.0 Å². The number of esters is 1. The van der Waals surface area contributed by atoms with Crippen molar-refractivity contribution in [3.8, 4) is 28.7 Å². The fourth-order valence-electron chi connectivity index (χ4n) is 11.3. The smallest absolute Gasteiger partial charge is 0.409 e. The van der Waals surface area contributed by atoms with E-state index < -0.39 is 65.7 Å². The second-order valence-corrected chi connectivity index (χ2v) is 25.6. The van der Waals surface area contributed by atoms with Crippen LogP contribution < -0.4 is 15.0 Å². The lowest BCUT2D eigenvalue weighted by Gasteiger charge is -2.42. The number of hydrogen-bond acceptors (Lipinski definition) is 17. The number of phenols is 4. The summed E-state index contributed by atoms with van der Waals surface area (Å²) in [6.07, 6.45) is 2.60. The van der Waals surface area contributed by atoms with Crippen molar-refractivity contribution in [1.29, 1.82) is 0 Å². The number of fused-ring (bicyclic) bond motifs is 7. The number of ether oxygens (including phenoxy) is 5. The van der Waals surface area contributed by atoms with Gasteiger partial charge in [0.1, 0.15) is 40.7 Å². The molecule has 2 saturated heterocycles. The zero-order chi connectivity index (χ0) is 69.5. The lowest BCUT2D eigenvalue weighted by molar-refractivity contribution is -0.161. The number of methoxy groups -OCH3 is 2. The zero-order valence-electron chi connectivity index (χ0n) is 55.2. The molecule has 1 aliphatic carbocycles. The van der Waals surface area contributed by atoms with Crippen molar-refractivity contribution in [1.82, 2.24) is 15.1 Å². The molecular weight excluding hydrogens is 1270 g/mol. The van der Waals surface area contributed by atoms with Crippen LogP contribution in [-0.4, -0.2) is 173 Å². The minimum Gasteiger partial charge on any atom is -0.504 e. The molecule has 3 amide bonds. The largest absolute Gasteiger partial charge is 0.504 e. The Morgan fingerprint density at radius 1 is 0.787 bits per heavy atom. The molecule has 2 fully saturated rings. The van der Waals surface area contributed by atoms with E-state index in [0.29, 0.717) is 63.7 Å². The molecule has 20 nitrogen and oxygen atoms in total. The number of phenolic OH excluding ortho intramolecular Hbond substituents is 4. The van der Waals surface area contributed by atoms with Crippen LogP contribution in [0.5, 0.6) is 28.7 Å². The Bertz CT molecular complexity index is 3420. The summed E-state index contributed by atoms with van der Waals surface area (Å²) >= 11 is 17.6. The molecule has 0 aromatic heterocycles. The van der Waals surface area contributed by atoms with Crippen molar-refractivity contribution < 1.29 is 78.0 Å². The fourth-order valence-corrected chi connectivity index (χ4v) is 12.2. The van der Waals surface area contributed by atoms with Crippen molar-refractivity contribution in [2.24, 2.45) is 17.8 Å². The van der Waals surface area contributed by atoms with Crippen molar-refractivity contribution in [2.75, 3.05) is 65.1 Å². The average molecular weight is 1360 g/mol. The Morgan fingerprint density at radius 3 is 1.76 bits per heavy atom. The Labute approximate surface area is 564 Å². The van der Waals surface area contributed by atoms with Crippen molar-refractivity contribution in [3.63, 3.8) is 0 Å². The minimum absolute atomic E-state index is 0.0436. The van der Waals surface area contributed by atoms with Gasteiger partial charge in [-0.15, -0.1) is 23.2 Å². The second-order valence-electron chi connectivity index (χ2n) is 24.5. The van der Waals surface area contributed by atoms with Crippen LogP contribution >= 0.6 is 34.8 Å². The number of halogens is 3. The number of aromatic hydroxyl groups is 4. The predicted molar refractivity (Wildman–Crippen MR) is 361 cm³/mol. The number of nitrogens with one attached hydrogen (secondary N) is 1. The average Bonchev–Trinajstić information content (AvgIpc) is 1.55. The highest BCUT2D eigenvalue weighted by Crippen LogP contribution is 2.49. The number of benzene rings is 5. The fraction of sp³-hybridized carbons (Fsp3) is 0.437. The third-order valence-electron chi connectivity index (χ3n) is 17.6. The maximum absolute atomic E-state index is 14.0. The van der Waals surface area contributed by atoms with E-state index in [-0.39, 0.29) is 58.3 Å².